The normalized spacial score (nSPS) is 9.40. The third kappa shape index (κ3) is 1.46. The van der Waals surface area contributed by atoms with Gasteiger partial charge in [0, 0.05) is 4.88 Å². The average Bonchev–Trinajstić information content (AvgIpc) is 2.14. The van der Waals surface area contributed by atoms with Crippen molar-refractivity contribution in [2.75, 3.05) is 5.32 Å². The van der Waals surface area contributed by atoms with Gasteiger partial charge in [0.05, 0.1) is 0 Å². The van der Waals surface area contributed by atoms with Gasteiger partial charge in [-0.2, -0.15) is 0 Å². The molecule has 0 saturated carbocycles. The van der Waals surface area contributed by atoms with Gasteiger partial charge in [-0.1, -0.05) is 11.6 Å². The van der Waals surface area contributed by atoms with Crippen LogP contribution in [-0.4, -0.2) is 11.4 Å². The summed E-state index contributed by atoms with van der Waals surface area (Å²) in [4.78, 5) is 14.7. The SMILES string of the molecule is Cc1sc(NC=O)nc1Cl. The summed E-state index contributed by atoms with van der Waals surface area (Å²) in [5.41, 5.74) is 0. The number of aryl methyl sites for hydroxylation is 1. The Labute approximate surface area is 67.0 Å². The molecule has 0 unspecified atom stereocenters. The molecule has 3 nitrogen and oxygen atoms in total. The first-order valence-corrected chi connectivity index (χ1v) is 3.76. The van der Waals surface area contributed by atoms with Crippen molar-refractivity contribution in [3.63, 3.8) is 0 Å². The zero-order valence-corrected chi connectivity index (χ0v) is 6.79. The Morgan fingerprint density at radius 1 is 1.80 bits per heavy atom. The third-order valence-corrected chi connectivity index (χ3v) is 2.30. The Bertz CT molecular complexity index is 228. The summed E-state index contributed by atoms with van der Waals surface area (Å²) >= 11 is 6.96. The van der Waals surface area contributed by atoms with Crippen molar-refractivity contribution in [3.05, 3.63) is 10.0 Å². The molecule has 1 heterocycles. The fourth-order valence-electron chi connectivity index (χ4n) is 0.490. The lowest BCUT2D eigenvalue weighted by molar-refractivity contribution is -0.105. The summed E-state index contributed by atoms with van der Waals surface area (Å²) in [6.45, 7) is 1.84. The van der Waals surface area contributed by atoms with Crippen LogP contribution in [0.1, 0.15) is 4.88 Å². The molecular formula is C5H5ClN2OS. The van der Waals surface area contributed by atoms with Gasteiger partial charge in [0.2, 0.25) is 6.41 Å². The number of rotatable bonds is 2. The molecule has 0 fully saturated rings. The number of anilines is 1. The number of amides is 1. The Hall–Kier alpha value is -0.610. The van der Waals surface area contributed by atoms with Crippen LogP contribution in [0.4, 0.5) is 5.13 Å². The van der Waals surface area contributed by atoms with Crippen molar-refractivity contribution in [3.8, 4) is 0 Å². The zero-order chi connectivity index (χ0) is 7.56. The first-order valence-electron chi connectivity index (χ1n) is 2.57. The maximum Gasteiger partial charge on any atom is 0.213 e. The van der Waals surface area contributed by atoms with Crippen molar-refractivity contribution >= 4 is 34.5 Å². The zero-order valence-electron chi connectivity index (χ0n) is 5.22. The Morgan fingerprint density at radius 2 is 2.50 bits per heavy atom. The van der Waals surface area contributed by atoms with E-state index in [9.17, 15) is 4.79 Å². The monoisotopic (exact) mass is 176 g/mol. The van der Waals surface area contributed by atoms with Gasteiger partial charge in [-0.15, -0.1) is 11.3 Å². The average molecular weight is 177 g/mol. The van der Waals surface area contributed by atoms with E-state index in [2.05, 4.69) is 10.3 Å². The molecule has 5 heteroatoms. The minimum absolute atomic E-state index is 0.453. The maximum atomic E-state index is 9.91. The second kappa shape index (κ2) is 2.98. The molecule has 0 saturated heterocycles. The first-order chi connectivity index (χ1) is 4.74. The van der Waals surface area contributed by atoms with Gasteiger partial charge in [0.25, 0.3) is 0 Å². The van der Waals surface area contributed by atoms with E-state index in [1.165, 1.54) is 11.3 Å². The number of nitrogens with one attached hydrogen (secondary N) is 1. The highest BCUT2D eigenvalue weighted by Crippen LogP contribution is 2.24. The largest absolute Gasteiger partial charge is 0.305 e. The fraction of sp³-hybridized carbons (Fsp3) is 0.200. The molecule has 10 heavy (non-hydrogen) atoms. The van der Waals surface area contributed by atoms with Crippen molar-refractivity contribution in [1.82, 2.24) is 4.98 Å². The maximum absolute atomic E-state index is 9.91. The molecule has 54 valence electrons. The molecule has 1 amide bonds. The molecule has 0 atom stereocenters. The lowest BCUT2D eigenvalue weighted by Crippen LogP contribution is -1.91. The van der Waals surface area contributed by atoms with Gasteiger partial charge >= 0.3 is 0 Å². The summed E-state index contributed by atoms with van der Waals surface area (Å²) in [5.74, 6) is 0. The van der Waals surface area contributed by atoms with Crippen LogP contribution in [0.25, 0.3) is 0 Å². The van der Waals surface area contributed by atoms with E-state index < -0.39 is 0 Å². The topological polar surface area (TPSA) is 42.0 Å². The Kier molecular flexibility index (Phi) is 2.24. The number of nitrogens with zero attached hydrogens (tertiary/aromatic N) is 1. The Balaban J connectivity index is 2.86. The van der Waals surface area contributed by atoms with Crippen LogP contribution >= 0.6 is 22.9 Å². The summed E-state index contributed by atoms with van der Waals surface area (Å²) in [7, 11) is 0. The number of thiazole rings is 1. The minimum Gasteiger partial charge on any atom is -0.305 e. The molecule has 1 N–H and O–H groups in total. The second-order valence-corrected chi connectivity index (χ2v) is 3.19. The third-order valence-electron chi connectivity index (χ3n) is 0.922. The van der Waals surface area contributed by atoms with Gasteiger partial charge < -0.3 is 5.32 Å². The van der Waals surface area contributed by atoms with Gasteiger partial charge in [0.1, 0.15) is 5.15 Å². The lowest BCUT2D eigenvalue weighted by Gasteiger charge is -1.83. The van der Waals surface area contributed by atoms with Gasteiger partial charge in [-0.05, 0) is 6.92 Å². The van der Waals surface area contributed by atoms with E-state index in [0.717, 1.165) is 4.88 Å². The van der Waals surface area contributed by atoms with Crippen LogP contribution in [0.3, 0.4) is 0 Å². The first kappa shape index (κ1) is 7.50. The quantitative estimate of drug-likeness (QED) is 0.697. The summed E-state index contributed by atoms with van der Waals surface area (Å²) in [5, 5.41) is 3.40. The number of hydrogen-bond acceptors (Lipinski definition) is 3. The van der Waals surface area contributed by atoms with Crippen molar-refractivity contribution in [2.45, 2.75) is 6.92 Å². The van der Waals surface area contributed by atoms with Crippen molar-refractivity contribution in [1.29, 1.82) is 0 Å². The highest BCUT2D eigenvalue weighted by atomic mass is 35.5. The van der Waals surface area contributed by atoms with E-state index in [1.807, 2.05) is 6.92 Å². The second-order valence-electron chi connectivity index (χ2n) is 1.63. The predicted molar refractivity (Wildman–Crippen MR) is 41.5 cm³/mol. The van der Waals surface area contributed by atoms with Crippen molar-refractivity contribution in [2.24, 2.45) is 0 Å². The molecule has 0 bridgehead atoms. The molecule has 0 aliphatic rings. The van der Waals surface area contributed by atoms with E-state index in [1.54, 1.807) is 0 Å². The molecule has 0 aliphatic heterocycles. The smallest absolute Gasteiger partial charge is 0.213 e. The Morgan fingerprint density at radius 3 is 2.90 bits per heavy atom. The molecular weight excluding hydrogens is 172 g/mol. The van der Waals surface area contributed by atoms with E-state index in [0.29, 0.717) is 16.7 Å². The molecule has 0 spiro atoms. The predicted octanol–water partition coefficient (Wildman–Crippen LogP) is 1.67. The van der Waals surface area contributed by atoms with Crippen molar-refractivity contribution < 1.29 is 4.79 Å². The molecule has 0 aliphatic carbocycles. The van der Waals surface area contributed by atoms with Crippen LogP contribution < -0.4 is 5.32 Å². The number of carbonyl (C=O) groups excluding carboxylic acids is 1. The summed E-state index contributed by atoms with van der Waals surface area (Å²) in [6, 6.07) is 0. The van der Waals surface area contributed by atoms with Crippen LogP contribution in [0.5, 0.6) is 0 Å². The minimum atomic E-state index is 0.453. The van der Waals surface area contributed by atoms with Crippen LogP contribution in [0, 0.1) is 6.92 Å². The van der Waals surface area contributed by atoms with Crippen LogP contribution in [0.15, 0.2) is 0 Å². The number of aromatic nitrogens is 1. The summed E-state index contributed by atoms with van der Waals surface area (Å²) < 4.78 is 0. The van der Waals surface area contributed by atoms with E-state index in [-0.39, 0.29) is 0 Å². The molecule has 0 aromatic carbocycles. The van der Waals surface area contributed by atoms with Crippen LogP contribution in [-0.2, 0) is 4.79 Å². The number of carbonyl (C=O) groups is 1. The number of halogens is 1. The van der Waals surface area contributed by atoms with Gasteiger partial charge in [0.15, 0.2) is 5.13 Å². The highest BCUT2D eigenvalue weighted by molar-refractivity contribution is 7.16. The highest BCUT2D eigenvalue weighted by Gasteiger charge is 2.02. The van der Waals surface area contributed by atoms with E-state index >= 15 is 0 Å². The molecule has 0 radical (unpaired) electrons. The van der Waals surface area contributed by atoms with Gasteiger partial charge in [-0.3, -0.25) is 4.79 Å². The van der Waals surface area contributed by atoms with Crippen LogP contribution in [0.2, 0.25) is 5.15 Å². The molecule has 1 rings (SSSR count). The lowest BCUT2D eigenvalue weighted by atomic mass is 10.6. The molecule has 1 aromatic rings. The number of hydrogen-bond donors (Lipinski definition) is 1. The summed E-state index contributed by atoms with van der Waals surface area (Å²) in [6.07, 6.45) is 0.578. The van der Waals surface area contributed by atoms with Gasteiger partial charge in [-0.25, -0.2) is 4.98 Å². The van der Waals surface area contributed by atoms with E-state index in [4.69, 9.17) is 11.6 Å². The molecule has 1 aromatic heterocycles. The fourth-order valence-corrected chi connectivity index (χ4v) is 1.40. The standard InChI is InChI=1S/C5H5ClN2OS/c1-3-4(6)8-5(10-3)7-2-9/h2H,1H3,(H,7,8,9).